The van der Waals surface area contributed by atoms with Gasteiger partial charge in [-0.2, -0.15) is 5.10 Å². The summed E-state index contributed by atoms with van der Waals surface area (Å²) in [6, 6.07) is 9.57. The summed E-state index contributed by atoms with van der Waals surface area (Å²) >= 11 is 9.08. The van der Waals surface area contributed by atoms with E-state index in [0.717, 1.165) is 4.47 Å². The lowest BCUT2D eigenvalue weighted by Crippen LogP contribution is -2.13. The number of nitrogens with zero attached hydrogens (tertiary/aromatic N) is 3. The lowest BCUT2D eigenvalue weighted by molar-refractivity contribution is -0.384. The second kappa shape index (κ2) is 6.50. The van der Waals surface area contributed by atoms with Crippen LogP contribution in [0.5, 0.6) is 0 Å². The minimum atomic E-state index is -0.580. The Bertz CT molecular complexity index is 927. The van der Waals surface area contributed by atoms with E-state index in [1.807, 2.05) is 0 Å². The Morgan fingerprint density at radius 2 is 2.04 bits per heavy atom. The second-order valence-corrected chi connectivity index (χ2v) is 6.13. The topological polar surface area (TPSA) is 97.0 Å². The number of hydrogen-bond acceptors (Lipinski definition) is 5. The molecule has 24 heavy (non-hydrogen) atoms. The summed E-state index contributed by atoms with van der Waals surface area (Å²) in [4.78, 5) is 22.2. The van der Waals surface area contributed by atoms with Crippen LogP contribution in [0.3, 0.4) is 0 Å². The number of nitrogens with one attached hydrogen (secondary N) is 1. The van der Waals surface area contributed by atoms with Crippen molar-refractivity contribution in [3.05, 3.63) is 67.1 Å². The highest BCUT2D eigenvalue weighted by atomic mass is 79.9. The van der Waals surface area contributed by atoms with Gasteiger partial charge in [0.2, 0.25) is 0 Å². The van der Waals surface area contributed by atoms with Crippen molar-refractivity contribution in [3.63, 3.8) is 0 Å². The largest absolute Gasteiger partial charge is 0.320 e. The highest BCUT2D eigenvalue weighted by Crippen LogP contribution is 2.27. The zero-order chi connectivity index (χ0) is 17.3. The van der Waals surface area contributed by atoms with Crippen LogP contribution in [0.15, 0.2) is 51.1 Å². The van der Waals surface area contributed by atoms with E-state index in [9.17, 15) is 14.9 Å². The van der Waals surface area contributed by atoms with Gasteiger partial charge in [0.15, 0.2) is 5.71 Å². The van der Waals surface area contributed by atoms with E-state index in [4.69, 9.17) is 11.6 Å². The Morgan fingerprint density at radius 1 is 1.25 bits per heavy atom. The minimum absolute atomic E-state index is 0.0393. The average Bonchev–Trinajstić information content (AvgIpc) is 2.84. The number of carbonyl (C=O) groups excluding carboxylic acids is 1. The summed E-state index contributed by atoms with van der Waals surface area (Å²) in [6.45, 7) is 0. The van der Waals surface area contributed by atoms with Gasteiger partial charge in [-0.05, 0) is 24.3 Å². The number of nitro groups is 1. The molecule has 0 spiro atoms. The summed E-state index contributed by atoms with van der Waals surface area (Å²) in [5, 5.41) is 21.4. The van der Waals surface area contributed by atoms with Gasteiger partial charge in [0, 0.05) is 21.7 Å². The van der Waals surface area contributed by atoms with Gasteiger partial charge in [0.1, 0.15) is 5.02 Å². The van der Waals surface area contributed by atoms with Crippen LogP contribution in [0.25, 0.3) is 0 Å². The Balaban J connectivity index is 1.90. The van der Waals surface area contributed by atoms with E-state index in [2.05, 4.69) is 31.4 Å². The maximum Gasteiger partial charge on any atom is 0.288 e. The van der Waals surface area contributed by atoms with Crippen LogP contribution in [0.2, 0.25) is 5.02 Å². The van der Waals surface area contributed by atoms with E-state index in [1.165, 1.54) is 18.3 Å². The van der Waals surface area contributed by atoms with Crippen LogP contribution in [0.1, 0.15) is 11.1 Å². The summed E-state index contributed by atoms with van der Waals surface area (Å²) in [5.41, 5.74) is 1.68. The molecule has 120 valence electrons. The smallest absolute Gasteiger partial charge is 0.288 e. The predicted octanol–water partition coefficient (Wildman–Crippen LogP) is 3.79. The van der Waals surface area contributed by atoms with Crippen molar-refractivity contribution >= 4 is 56.7 Å². The van der Waals surface area contributed by atoms with Crippen molar-refractivity contribution in [3.8, 4) is 0 Å². The molecule has 1 heterocycles. The molecule has 0 aliphatic carbocycles. The van der Waals surface area contributed by atoms with Gasteiger partial charge in [0.25, 0.3) is 11.6 Å². The molecule has 2 aromatic rings. The number of benzene rings is 2. The predicted molar refractivity (Wildman–Crippen MR) is 95.0 cm³/mol. The van der Waals surface area contributed by atoms with Crippen LogP contribution in [-0.4, -0.2) is 22.8 Å². The van der Waals surface area contributed by atoms with Gasteiger partial charge < -0.3 is 5.32 Å². The Labute approximate surface area is 149 Å². The van der Waals surface area contributed by atoms with Crippen molar-refractivity contribution in [1.29, 1.82) is 0 Å². The third kappa shape index (κ3) is 3.19. The van der Waals surface area contributed by atoms with Gasteiger partial charge in [-0.3, -0.25) is 14.9 Å². The van der Waals surface area contributed by atoms with Crippen LogP contribution >= 0.6 is 27.5 Å². The first-order valence-corrected chi connectivity index (χ1v) is 7.79. The molecule has 0 unspecified atom stereocenters. The SMILES string of the molecule is O=C1Nc2ccc(Br)cc2/C1=N\N=C\c1ccc(Cl)c([N+](=O)[O-])c1. The highest BCUT2D eigenvalue weighted by molar-refractivity contribution is 9.10. The molecule has 1 N–H and O–H groups in total. The van der Waals surface area contributed by atoms with Crippen LogP contribution in [0.4, 0.5) is 11.4 Å². The van der Waals surface area contributed by atoms with Gasteiger partial charge in [0.05, 0.1) is 16.8 Å². The molecule has 1 amide bonds. The number of amides is 1. The van der Waals surface area contributed by atoms with E-state index in [0.29, 0.717) is 16.8 Å². The highest BCUT2D eigenvalue weighted by Gasteiger charge is 2.26. The second-order valence-electron chi connectivity index (χ2n) is 4.81. The molecule has 3 rings (SSSR count). The van der Waals surface area contributed by atoms with Crippen molar-refractivity contribution < 1.29 is 9.72 Å². The van der Waals surface area contributed by atoms with Crippen LogP contribution in [-0.2, 0) is 4.79 Å². The molecule has 0 bridgehead atoms. The first kappa shape index (κ1) is 16.3. The summed E-state index contributed by atoms with van der Waals surface area (Å²) in [7, 11) is 0. The van der Waals surface area contributed by atoms with Gasteiger partial charge in [-0.25, -0.2) is 0 Å². The maximum absolute atomic E-state index is 11.9. The van der Waals surface area contributed by atoms with E-state index >= 15 is 0 Å². The Morgan fingerprint density at radius 3 is 2.79 bits per heavy atom. The number of rotatable bonds is 3. The average molecular weight is 408 g/mol. The van der Waals surface area contributed by atoms with Crippen molar-refractivity contribution in [2.24, 2.45) is 10.2 Å². The molecular formula is C15H8BrClN4O3. The van der Waals surface area contributed by atoms with E-state index in [1.54, 1.807) is 24.3 Å². The van der Waals surface area contributed by atoms with Gasteiger partial charge in [-0.15, -0.1) is 5.10 Å². The minimum Gasteiger partial charge on any atom is -0.320 e. The van der Waals surface area contributed by atoms with E-state index < -0.39 is 4.92 Å². The molecule has 0 atom stereocenters. The lowest BCUT2D eigenvalue weighted by Gasteiger charge is -1.97. The normalized spacial score (nSPS) is 14.9. The quantitative estimate of drug-likeness (QED) is 0.476. The number of anilines is 1. The Hall–Kier alpha value is -2.58. The summed E-state index contributed by atoms with van der Waals surface area (Å²) in [6.07, 6.45) is 1.32. The molecule has 9 heteroatoms. The molecule has 0 saturated heterocycles. The summed E-state index contributed by atoms with van der Waals surface area (Å²) in [5.74, 6) is -0.359. The summed E-state index contributed by atoms with van der Waals surface area (Å²) < 4.78 is 0.808. The molecular weight excluding hydrogens is 400 g/mol. The third-order valence-corrected chi connectivity index (χ3v) is 4.04. The van der Waals surface area contributed by atoms with Gasteiger partial charge in [-0.1, -0.05) is 33.6 Å². The molecule has 0 aromatic heterocycles. The molecule has 0 fully saturated rings. The fraction of sp³-hybridized carbons (Fsp3) is 0. The fourth-order valence-corrected chi connectivity index (χ4v) is 2.68. The number of halogens is 2. The lowest BCUT2D eigenvalue weighted by atomic mass is 10.1. The molecule has 1 aliphatic heterocycles. The standard InChI is InChI=1S/C15H8BrClN4O3/c16-9-2-4-12-10(6-9)14(15(22)19-12)20-18-7-8-1-3-11(17)13(5-8)21(23)24/h1-7H,(H,19,20,22)/b18-7+. The molecule has 0 saturated carbocycles. The van der Waals surface area contributed by atoms with Gasteiger partial charge >= 0.3 is 0 Å². The van der Waals surface area contributed by atoms with E-state index in [-0.39, 0.29) is 22.3 Å². The van der Waals surface area contributed by atoms with Crippen molar-refractivity contribution in [2.45, 2.75) is 0 Å². The molecule has 7 nitrogen and oxygen atoms in total. The third-order valence-electron chi connectivity index (χ3n) is 3.23. The first-order chi connectivity index (χ1) is 11.5. The first-order valence-electron chi connectivity index (χ1n) is 6.62. The van der Waals surface area contributed by atoms with Crippen molar-refractivity contribution in [2.75, 3.05) is 5.32 Å². The monoisotopic (exact) mass is 406 g/mol. The molecule has 0 radical (unpaired) electrons. The number of fused-ring (bicyclic) bond motifs is 1. The maximum atomic E-state index is 11.9. The van der Waals surface area contributed by atoms with Crippen LogP contribution in [0, 0.1) is 10.1 Å². The zero-order valence-corrected chi connectivity index (χ0v) is 14.2. The Kier molecular flexibility index (Phi) is 4.41. The van der Waals surface area contributed by atoms with Crippen LogP contribution < -0.4 is 5.32 Å². The molecule has 1 aliphatic rings. The number of hydrogen-bond donors (Lipinski definition) is 1. The zero-order valence-electron chi connectivity index (χ0n) is 11.9. The fourth-order valence-electron chi connectivity index (χ4n) is 2.13. The number of nitro benzene ring substituents is 1. The van der Waals surface area contributed by atoms with Crippen molar-refractivity contribution in [1.82, 2.24) is 0 Å². The number of carbonyl (C=O) groups is 1. The molecule has 2 aromatic carbocycles.